The van der Waals surface area contributed by atoms with Crippen LogP contribution in [0.3, 0.4) is 0 Å². The van der Waals surface area contributed by atoms with Crippen LogP contribution in [0.15, 0.2) is 71.8 Å². The number of anilines is 1. The van der Waals surface area contributed by atoms with E-state index in [0.29, 0.717) is 40.8 Å². The van der Waals surface area contributed by atoms with Crippen LogP contribution < -0.4 is 10.4 Å². The summed E-state index contributed by atoms with van der Waals surface area (Å²) in [6.45, 7) is 3.90. The number of benzene rings is 2. The number of rotatable bonds is 9. The summed E-state index contributed by atoms with van der Waals surface area (Å²) >= 11 is 0. The average molecular weight is 506 g/mol. The van der Waals surface area contributed by atoms with Crippen molar-refractivity contribution in [3.05, 3.63) is 99.6 Å². The van der Waals surface area contributed by atoms with Crippen molar-refractivity contribution in [2.45, 2.75) is 33.2 Å². The molecule has 1 unspecified atom stereocenters. The Kier molecular flexibility index (Phi) is 7.52. The number of pyridine rings is 1. The van der Waals surface area contributed by atoms with Gasteiger partial charge >= 0.3 is 0 Å². The predicted molar refractivity (Wildman–Crippen MR) is 145 cm³/mol. The van der Waals surface area contributed by atoms with E-state index in [1.165, 1.54) is 12.1 Å². The summed E-state index contributed by atoms with van der Waals surface area (Å²) in [6, 6.07) is 8.14. The highest BCUT2D eigenvalue weighted by Gasteiger charge is 2.43. The third-order valence-electron chi connectivity index (χ3n) is 6.75. The number of aromatic hydroxyl groups is 1. The summed E-state index contributed by atoms with van der Waals surface area (Å²) in [5.74, 6) is 0.932. The quantitative estimate of drug-likeness (QED) is 0.0925. The lowest BCUT2D eigenvalue weighted by Gasteiger charge is -2.51. The second-order valence-electron chi connectivity index (χ2n) is 9.18. The van der Waals surface area contributed by atoms with Crippen molar-refractivity contribution >= 4 is 22.3 Å². The van der Waals surface area contributed by atoms with Gasteiger partial charge in [0.05, 0.1) is 31.2 Å². The molecule has 0 aliphatic carbocycles. The summed E-state index contributed by atoms with van der Waals surface area (Å²) in [6.07, 6.45) is 8.40. The number of fused-ring (bicyclic) bond motifs is 2. The van der Waals surface area contributed by atoms with Gasteiger partial charge in [-0.15, -0.1) is 0 Å². The molecule has 0 saturated carbocycles. The summed E-state index contributed by atoms with van der Waals surface area (Å²) in [4.78, 5) is 4.46. The first kappa shape index (κ1) is 26.2. The fourth-order valence-corrected chi connectivity index (χ4v) is 4.76. The molecule has 3 N–H and O–H groups in total. The van der Waals surface area contributed by atoms with Gasteiger partial charge < -0.3 is 30.2 Å². The number of ether oxygens (including phenoxy) is 2. The fraction of sp³-hybridized carbons (Fsp3) is 0.276. The number of hydroxylamine groups is 2. The van der Waals surface area contributed by atoms with E-state index in [4.69, 9.17) is 15.2 Å². The second-order valence-corrected chi connectivity index (χ2v) is 9.18. The lowest BCUT2D eigenvalue weighted by atomic mass is 9.93. The fourth-order valence-electron chi connectivity index (χ4n) is 4.76. The van der Waals surface area contributed by atoms with Crippen molar-refractivity contribution in [2.75, 3.05) is 26.5 Å². The number of nitrogens with two attached hydrogens (primary N) is 1. The molecular weight excluding hydrogens is 473 g/mol. The molecule has 2 heterocycles. The standard InChI is InChI=1S/C29H32FN3O4/c1-5-25(37-4)21(8-6-7-18(2)36-3)16-33(35)17-24-26(31)23-14-20(13-19-9-11-22(30)12-10-19)15-32-27(23)29(34)28(24)33/h5,7-12,14-15,34H,6,13,16-17,31H2,1-4H3/b18-7+,21-8?,25-5+. The number of phenols is 1. The molecule has 7 nitrogen and oxygen atoms in total. The van der Waals surface area contributed by atoms with Crippen LogP contribution >= 0.6 is 0 Å². The molecule has 37 heavy (non-hydrogen) atoms. The van der Waals surface area contributed by atoms with Crippen LogP contribution in [0.5, 0.6) is 5.75 Å². The highest BCUT2D eigenvalue weighted by molar-refractivity contribution is 6.03. The molecule has 194 valence electrons. The monoisotopic (exact) mass is 505 g/mol. The Hall–Kier alpha value is -3.88. The Labute approximate surface area is 216 Å². The second kappa shape index (κ2) is 10.6. The smallest absolute Gasteiger partial charge is 0.205 e. The summed E-state index contributed by atoms with van der Waals surface area (Å²) in [5, 5.41) is 25.7. The maximum Gasteiger partial charge on any atom is 0.205 e. The first-order valence-corrected chi connectivity index (χ1v) is 12.1. The molecule has 1 aliphatic heterocycles. The summed E-state index contributed by atoms with van der Waals surface area (Å²) in [7, 11) is 3.17. The number of nitrogen functional groups attached to an aromatic ring is 1. The Bertz CT molecular complexity index is 1410. The van der Waals surface area contributed by atoms with Crippen LogP contribution in [-0.2, 0) is 22.4 Å². The van der Waals surface area contributed by atoms with E-state index in [1.54, 1.807) is 32.5 Å². The van der Waals surface area contributed by atoms with Crippen molar-refractivity contribution in [2.24, 2.45) is 0 Å². The van der Waals surface area contributed by atoms with Crippen LogP contribution in [0.1, 0.15) is 37.0 Å². The van der Waals surface area contributed by atoms with Crippen LogP contribution in [0, 0.1) is 11.0 Å². The van der Waals surface area contributed by atoms with Gasteiger partial charge in [0.25, 0.3) is 0 Å². The maximum atomic E-state index is 13.9. The van der Waals surface area contributed by atoms with Gasteiger partial charge in [0.15, 0.2) is 5.69 Å². The highest BCUT2D eigenvalue weighted by atomic mass is 19.1. The minimum absolute atomic E-state index is 0.0710. The molecule has 0 amide bonds. The zero-order valence-electron chi connectivity index (χ0n) is 21.5. The molecule has 0 radical (unpaired) electrons. The third kappa shape index (κ3) is 5.16. The van der Waals surface area contributed by atoms with Crippen LogP contribution in [0.25, 0.3) is 10.9 Å². The van der Waals surface area contributed by atoms with E-state index in [9.17, 15) is 14.7 Å². The van der Waals surface area contributed by atoms with E-state index in [0.717, 1.165) is 22.5 Å². The Morgan fingerprint density at radius 2 is 1.92 bits per heavy atom. The Morgan fingerprint density at radius 3 is 2.57 bits per heavy atom. The van der Waals surface area contributed by atoms with Gasteiger partial charge in [-0.1, -0.05) is 18.2 Å². The number of aromatic nitrogens is 1. The zero-order chi connectivity index (χ0) is 26.7. The SMILES string of the molecule is C/C=C(/OC)C(=CC/C=C(\C)OC)C[N+]1([O-])Cc2c1c(O)c1ncc(Cc3ccc(F)cc3)cc1c2N. The van der Waals surface area contributed by atoms with E-state index >= 15 is 0 Å². The molecule has 0 spiro atoms. The Morgan fingerprint density at radius 1 is 1.19 bits per heavy atom. The van der Waals surface area contributed by atoms with Crippen LogP contribution in [0.2, 0.25) is 0 Å². The summed E-state index contributed by atoms with van der Waals surface area (Å²) < 4.78 is 23.2. The van der Waals surface area contributed by atoms with E-state index in [2.05, 4.69) is 4.98 Å². The van der Waals surface area contributed by atoms with Gasteiger partial charge in [-0.25, -0.2) is 4.39 Å². The highest BCUT2D eigenvalue weighted by Crippen LogP contribution is 2.53. The lowest BCUT2D eigenvalue weighted by Crippen LogP contribution is -2.51. The van der Waals surface area contributed by atoms with Crippen molar-refractivity contribution in [1.82, 2.24) is 9.63 Å². The number of quaternary nitrogens is 1. The van der Waals surface area contributed by atoms with Crippen molar-refractivity contribution in [3.8, 4) is 5.75 Å². The third-order valence-corrected chi connectivity index (χ3v) is 6.75. The Balaban J connectivity index is 1.68. The lowest BCUT2D eigenvalue weighted by molar-refractivity contribution is 0.277. The van der Waals surface area contributed by atoms with Gasteiger partial charge in [-0.2, -0.15) is 0 Å². The van der Waals surface area contributed by atoms with Crippen molar-refractivity contribution in [3.63, 3.8) is 0 Å². The molecule has 3 aromatic rings. The molecule has 8 heteroatoms. The normalized spacial score (nSPS) is 17.9. The number of allylic oxidation sites excluding steroid dienone is 4. The first-order valence-electron chi connectivity index (χ1n) is 12.1. The molecule has 1 aliphatic rings. The number of phenolic OH excluding ortho intramolecular Hbond substituents is 1. The van der Waals surface area contributed by atoms with Crippen LogP contribution in [-0.4, -0.2) is 30.9 Å². The predicted octanol–water partition coefficient (Wildman–Crippen LogP) is 5.99. The molecule has 0 bridgehead atoms. The van der Waals surface area contributed by atoms with E-state index < -0.39 is 4.65 Å². The van der Waals surface area contributed by atoms with Crippen molar-refractivity contribution in [1.29, 1.82) is 0 Å². The molecule has 1 atom stereocenters. The van der Waals surface area contributed by atoms with Crippen LogP contribution in [0.4, 0.5) is 15.8 Å². The average Bonchev–Trinajstić information content (AvgIpc) is 2.88. The minimum atomic E-state index is -0.764. The molecule has 0 fully saturated rings. The molecule has 2 aromatic carbocycles. The number of methoxy groups -OCH3 is 2. The largest absolute Gasteiger partial charge is 0.627 e. The van der Waals surface area contributed by atoms with Gasteiger partial charge in [-0.05, 0) is 68.2 Å². The molecule has 0 saturated heterocycles. The van der Waals surface area contributed by atoms with E-state index in [1.807, 2.05) is 38.1 Å². The van der Waals surface area contributed by atoms with Gasteiger partial charge in [-0.3, -0.25) is 4.98 Å². The minimum Gasteiger partial charge on any atom is -0.627 e. The van der Waals surface area contributed by atoms with Gasteiger partial charge in [0.2, 0.25) is 5.75 Å². The maximum absolute atomic E-state index is 13.9. The number of nitrogens with zero attached hydrogens (tertiary/aromatic N) is 2. The van der Waals surface area contributed by atoms with Gasteiger partial charge in [0.1, 0.15) is 30.2 Å². The number of halogens is 1. The molecule has 1 aromatic heterocycles. The number of hydrogen-bond acceptors (Lipinski definition) is 6. The molecular formula is C29H32FN3O4. The summed E-state index contributed by atoms with van der Waals surface area (Å²) in [5.41, 5.74) is 10.6. The first-order chi connectivity index (χ1) is 17.7. The van der Waals surface area contributed by atoms with E-state index in [-0.39, 0.29) is 30.3 Å². The zero-order valence-corrected chi connectivity index (χ0v) is 21.5. The topological polar surface area (TPSA) is 101 Å². The van der Waals surface area contributed by atoms with Gasteiger partial charge in [0, 0.05) is 17.2 Å². The van der Waals surface area contributed by atoms with Crippen molar-refractivity contribution < 1.29 is 19.0 Å². The molecule has 4 rings (SSSR count). The number of hydrogen-bond donors (Lipinski definition) is 2.